The van der Waals surface area contributed by atoms with Crippen molar-refractivity contribution in [2.45, 2.75) is 33.4 Å². The van der Waals surface area contributed by atoms with Gasteiger partial charge in [0.05, 0.1) is 12.2 Å². The molecule has 0 fully saturated rings. The van der Waals surface area contributed by atoms with Crippen LogP contribution in [0.2, 0.25) is 0 Å². The van der Waals surface area contributed by atoms with E-state index in [9.17, 15) is 0 Å². The van der Waals surface area contributed by atoms with Gasteiger partial charge in [0.15, 0.2) is 5.96 Å². The van der Waals surface area contributed by atoms with Gasteiger partial charge in [0.25, 0.3) is 0 Å². The molecular weight excluding hydrogens is 346 g/mol. The van der Waals surface area contributed by atoms with Gasteiger partial charge in [0, 0.05) is 31.4 Å². The molecule has 0 spiro atoms. The Morgan fingerprint density at radius 2 is 1.57 bits per heavy atom. The first-order chi connectivity index (χ1) is 13.7. The molecule has 0 radical (unpaired) electrons. The molecule has 5 heteroatoms. The molecule has 3 aromatic rings. The second-order valence-corrected chi connectivity index (χ2v) is 6.88. The summed E-state index contributed by atoms with van der Waals surface area (Å²) in [5, 5.41) is 11.5. The van der Waals surface area contributed by atoms with Crippen LogP contribution in [0.3, 0.4) is 0 Å². The van der Waals surface area contributed by atoms with Gasteiger partial charge in [-0.05, 0) is 31.4 Å². The highest BCUT2D eigenvalue weighted by Crippen LogP contribution is 2.14. The first-order valence-corrected chi connectivity index (χ1v) is 9.72. The van der Waals surface area contributed by atoms with Crippen LogP contribution in [-0.4, -0.2) is 29.3 Å². The van der Waals surface area contributed by atoms with E-state index in [1.165, 1.54) is 22.4 Å². The largest absolute Gasteiger partial charge is 0.356 e. The highest BCUT2D eigenvalue weighted by Gasteiger charge is 2.12. The summed E-state index contributed by atoms with van der Waals surface area (Å²) in [7, 11) is 1.80. The van der Waals surface area contributed by atoms with Crippen molar-refractivity contribution >= 4 is 5.96 Å². The standard InChI is InChI=1S/C23H29N5/c1-18-22(19(2)28(27-18)17-21-12-8-5-9-13-21)16-26-23(24-3)25-15-14-20-10-6-4-7-11-20/h4-13H,14-17H2,1-3H3,(H2,24,25,26). The molecule has 2 aromatic carbocycles. The molecular formula is C23H29N5. The fourth-order valence-corrected chi connectivity index (χ4v) is 3.26. The molecule has 3 rings (SSSR count). The van der Waals surface area contributed by atoms with Gasteiger partial charge in [-0.2, -0.15) is 5.10 Å². The third kappa shape index (κ3) is 5.22. The smallest absolute Gasteiger partial charge is 0.191 e. The van der Waals surface area contributed by atoms with Crippen LogP contribution < -0.4 is 10.6 Å². The Morgan fingerprint density at radius 3 is 2.21 bits per heavy atom. The van der Waals surface area contributed by atoms with Crippen LogP contribution in [0.25, 0.3) is 0 Å². The number of aromatic nitrogens is 2. The van der Waals surface area contributed by atoms with Crippen LogP contribution in [0.5, 0.6) is 0 Å². The summed E-state index contributed by atoms with van der Waals surface area (Å²) in [5.74, 6) is 0.811. The third-order valence-corrected chi connectivity index (χ3v) is 4.91. The molecule has 0 aliphatic carbocycles. The number of hydrogen-bond acceptors (Lipinski definition) is 2. The summed E-state index contributed by atoms with van der Waals surface area (Å²) >= 11 is 0. The molecule has 0 saturated carbocycles. The minimum Gasteiger partial charge on any atom is -0.356 e. The van der Waals surface area contributed by atoms with Crippen molar-refractivity contribution in [1.82, 2.24) is 20.4 Å². The maximum absolute atomic E-state index is 4.73. The Hall–Kier alpha value is -3.08. The van der Waals surface area contributed by atoms with E-state index in [1.807, 2.05) is 12.1 Å². The lowest BCUT2D eigenvalue weighted by atomic mass is 10.1. The van der Waals surface area contributed by atoms with Gasteiger partial charge in [-0.1, -0.05) is 60.7 Å². The summed E-state index contributed by atoms with van der Waals surface area (Å²) in [6.07, 6.45) is 0.967. The molecule has 0 aliphatic heterocycles. The highest BCUT2D eigenvalue weighted by molar-refractivity contribution is 5.79. The second-order valence-electron chi connectivity index (χ2n) is 6.88. The predicted molar refractivity (Wildman–Crippen MR) is 116 cm³/mol. The molecule has 0 bridgehead atoms. The lowest BCUT2D eigenvalue weighted by Crippen LogP contribution is -2.38. The van der Waals surface area contributed by atoms with Crippen molar-refractivity contribution < 1.29 is 0 Å². The molecule has 0 atom stereocenters. The van der Waals surface area contributed by atoms with Crippen molar-refractivity contribution in [3.8, 4) is 0 Å². The molecule has 2 N–H and O–H groups in total. The first-order valence-electron chi connectivity index (χ1n) is 9.72. The lowest BCUT2D eigenvalue weighted by molar-refractivity contribution is 0.657. The van der Waals surface area contributed by atoms with Gasteiger partial charge >= 0.3 is 0 Å². The lowest BCUT2D eigenvalue weighted by Gasteiger charge is -2.12. The van der Waals surface area contributed by atoms with E-state index in [2.05, 4.69) is 82.7 Å². The normalized spacial score (nSPS) is 11.5. The third-order valence-electron chi connectivity index (χ3n) is 4.91. The van der Waals surface area contributed by atoms with E-state index in [0.717, 1.165) is 31.2 Å². The molecule has 0 amide bonds. The van der Waals surface area contributed by atoms with Crippen molar-refractivity contribution in [3.63, 3.8) is 0 Å². The van der Waals surface area contributed by atoms with E-state index in [4.69, 9.17) is 5.10 Å². The van der Waals surface area contributed by atoms with Gasteiger partial charge in [-0.3, -0.25) is 9.67 Å². The van der Waals surface area contributed by atoms with Gasteiger partial charge in [0.2, 0.25) is 0 Å². The van der Waals surface area contributed by atoms with Gasteiger partial charge < -0.3 is 10.6 Å². The number of rotatable bonds is 7. The molecule has 1 heterocycles. The maximum atomic E-state index is 4.73. The Morgan fingerprint density at radius 1 is 0.929 bits per heavy atom. The summed E-state index contributed by atoms with van der Waals surface area (Å²) in [4.78, 5) is 4.34. The Bertz CT molecular complexity index is 898. The van der Waals surface area contributed by atoms with Crippen LogP contribution in [0, 0.1) is 13.8 Å². The van der Waals surface area contributed by atoms with Crippen molar-refractivity contribution in [2.24, 2.45) is 4.99 Å². The molecule has 1 aromatic heterocycles. The first kappa shape index (κ1) is 19.7. The number of nitrogens with one attached hydrogen (secondary N) is 2. The van der Waals surface area contributed by atoms with Gasteiger partial charge in [0.1, 0.15) is 0 Å². The molecule has 146 valence electrons. The Kier molecular flexibility index (Phi) is 6.84. The monoisotopic (exact) mass is 375 g/mol. The predicted octanol–water partition coefficient (Wildman–Crippen LogP) is 3.46. The van der Waals surface area contributed by atoms with Crippen LogP contribution in [0.4, 0.5) is 0 Å². The van der Waals surface area contributed by atoms with Crippen LogP contribution in [-0.2, 0) is 19.5 Å². The number of benzene rings is 2. The Balaban J connectivity index is 1.55. The Labute approximate surface area is 167 Å². The second kappa shape index (κ2) is 9.74. The van der Waals surface area contributed by atoms with Crippen molar-refractivity contribution in [3.05, 3.63) is 88.7 Å². The molecule has 0 aliphatic rings. The van der Waals surface area contributed by atoms with E-state index in [0.29, 0.717) is 6.54 Å². The van der Waals surface area contributed by atoms with Gasteiger partial charge in [-0.25, -0.2) is 0 Å². The average Bonchev–Trinajstić information content (AvgIpc) is 2.99. The SMILES string of the molecule is CN=C(NCCc1ccccc1)NCc1c(C)nn(Cc2ccccc2)c1C. The minimum absolute atomic E-state index is 0.706. The summed E-state index contributed by atoms with van der Waals surface area (Å²) in [6.45, 7) is 6.53. The fourth-order valence-electron chi connectivity index (χ4n) is 3.26. The summed E-state index contributed by atoms with van der Waals surface area (Å²) in [6, 6.07) is 20.9. The van der Waals surface area contributed by atoms with Crippen molar-refractivity contribution in [2.75, 3.05) is 13.6 Å². The molecule has 0 saturated heterocycles. The van der Waals surface area contributed by atoms with Crippen LogP contribution >= 0.6 is 0 Å². The number of guanidine groups is 1. The van der Waals surface area contributed by atoms with Crippen LogP contribution in [0.15, 0.2) is 65.7 Å². The number of hydrogen-bond donors (Lipinski definition) is 2. The minimum atomic E-state index is 0.706. The summed E-state index contributed by atoms with van der Waals surface area (Å²) < 4.78 is 2.08. The van der Waals surface area contributed by atoms with E-state index in [-0.39, 0.29) is 0 Å². The van der Waals surface area contributed by atoms with E-state index in [1.54, 1.807) is 7.05 Å². The van der Waals surface area contributed by atoms with Gasteiger partial charge in [-0.15, -0.1) is 0 Å². The zero-order chi connectivity index (χ0) is 19.8. The average molecular weight is 376 g/mol. The fraction of sp³-hybridized carbons (Fsp3) is 0.304. The number of aliphatic imine (C=N–C) groups is 1. The van der Waals surface area contributed by atoms with E-state index < -0.39 is 0 Å². The molecule has 0 unspecified atom stereocenters. The quantitative estimate of drug-likeness (QED) is 0.491. The van der Waals surface area contributed by atoms with E-state index >= 15 is 0 Å². The zero-order valence-electron chi connectivity index (χ0n) is 16.9. The molecule has 28 heavy (non-hydrogen) atoms. The highest BCUT2D eigenvalue weighted by atomic mass is 15.3. The van der Waals surface area contributed by atoms with Crippen LogP contribution in [0.1, 0.15) is 28.1 Å². The number of aryl methyl sites for hydroxylation is 1. The number of nitrogens with zero attached hydrogens (tertiary/aromatic N) is 3. The summed E-state index contributed by atoms with van der Waals surface area (Å²) in [5.41, 5.74) is 6.04. The maximum Gasteiger partial charge on any atom is 0.191 e. The van der Waals surface area contributed by atoms with Crippen molar-refractivity contribution in [1.29, 1.82) is 0 Å². The zero-order valence-corrected chi connectivity index (χ0v) is 16.9. The topological polar surface area (TPSA) is 54.2 Å². The molecule has 5 nitrogen and oxygen atoms in total.